The Labute approximate surface area is 172 Å². The standard InChI is InChI=1S/C22H21F2N3O3/c1-13-4-6-19(16(23)9-13)27-12-14(10-21(27)29)22(30)25-15-5-7-18(17(24)11-15)26-8-2-3-20(26)28/h4-7,9,11,14H,2-3,8,10,12H2,1H3,(H,25,30). The molecular weight excluding hydrogens is 392 g/mol. The third-order valence-electron chi connectivity index (χ3n) is 5.47. The second-order valence-corrected chi connectivity index (χ2v) is 7.66. The molecule has 1 N–H and O–H groups in total. The number of hydrogen-bond acceptors (Lipinski definition) is 3. The highest BCUT2D eigenvalue weighted by Crippen LogP contribution is 2.30. The molecule has 2 heterocycles. The van der Waals surface area contributed by atoms with Crippen molar-refractivity contribution in [1.82, 2.24) is 0 Å². The molecule has 0 saturated carbocycles. The van der Waals surface area contributed by atoms with Gasteiger partial charge >= 0.3 is 0 Å². The van der Waals surface area contributed by atoms with Gasteiger partial charge in [0.1, 0.15) is 11.6 Å². The first-order chi connectivity index (χ1) is 14.3. The minimum Gasteiger partial charge on any atom is -0.326 e. The number of hydrogen-bond donors (Lipinski definition) is 1. The Kier molecular flexibility index (Phi) is 5.24. The first-order valence-electron chi connectivity index (χ1n) is 9.81. The number of carbonyl (C=O) groups excluding carboxylic acids is 3. The lowest BCUT2D eigenvalue weighted by Gasteiger charge is -2.18. The van der Waals surface area contributed by atoms with Crippen LogP contribution < -0.4 is 15.1 Å². The summed E-state index contributed by atoms with van der Waals surface area (Å²) in [6.45, 7) is 2.27. The molecule has 2 aromatic rings. The predicted octanol–water partition coefficient (Wildman–Crippen LogP) is 3.39. The molecule has 2 fully saturated rings. The van der Waals surface area contributed by atoms with Gasteiger partial charge in [-0.25, -0.2) is 8.78 Å². The number of halogens is 2. The van der Waals surface area contributed by atoms with E-state index in [4.69, 9.17) is 0 Å². The SMILES string of the molecule is Cc1ccc(N2CC(C(=O)Nc3ccc(N4CCCC4=O)c(F)c3)CC2=O)c(F)c1. The van der Waals surface area contributed by atoms with Gasteiger partial charge in [0.2, 0.25) is 17.7 Å². The second kappa shape index (κ2) is 7.85. The summed E-state index contributed by atoms with van der Waals surface area (Å²) >= 11 is 0. The molecule has 0 aromatic heterocycles. The smallest absolute Gasteiger partial charge is 0.229 e. The van der Waals surface area contributed by atoms with E-state index in [0.717, 1.165) is 11.6 Å². The van der Waals surface area contributed by atoms with Crippen LogP contribution in [0.25, 0.3) is 0 Å². The normalized spacial score (nSPS) is 19.0. The predicted molar refractivity (Wildman–Crippen MR) is 108 cm³/mol. The molecule has 2 aliphatic rings. The van der Waals surface area contributed by atoms with E-state index in [1.807, 2.05) is 0 Å². The molecule has 4 rings (SSSR count). The van der Waals surface area contributed by atoms with Gasteiger partial charge in [-0.2, -0.15) is 0 Å². The molecule has 0 spiro atoms. The second-order valence-electron chi connectivity index (χ2n) is 7.66. The van der Waals surface area contributed by atoms with Gasteiger partial charge in [-0.1, -0.05) is 6.07 Å². The van der Waals surface area contributed by atoms with E-state index < -0.39 is 23.5 Å². The van der Waals surface area contributed by atoms with Crippen molar-refractivity contribution in [1.29, 1.82) is 0 Å². The third kappa shape index (κ3) is 3.77. The van der Waals surface area contributed by atoms with Gasteiger partial charge in [0, 0.05) is 31.6 Å². The van der Waals surface area contributed by atoms with E-state index in [1.54, 1.807) is 13.0 Å². The Morgan fingerprint density at radius 3 is 2.37 bits per heavy atom. The first-order valence-corrected chi connectivity index (χ1v) is 9.81. The van der Waals surface area contributed by atoms with Crippen LogP contribution in [0.4, 0.5) is 25.8 Å². The summed E-state index contributed by atoms with van der Waals surface area (Å²) in [6.07, 6.45) is 1.03. The molecule has 2 aromatic carbocycles. The summed E-state index contributed by atoms with van der Waals surface area (Å²) in [5.41, 5.74) is 1.30. The zero-order valence-electron chi connectivity index (χ0n) is 16.5. The number of nitrogens with zero attached hydrogens (tertiary/aromatic N) is 2. The lowest BCUT2D eigenvalue weighted by Crippen LogP contribution is -2.29. The minimum absolute atomic E-state index is 0.0491. The van der Waals surface area contributed by atoms with Crippen LogP contribution >= 0.6 is 0 Å². The monoisotopic (exact) mass is 413 g/mol. The van der Waals surface area contributed by atoms with Gasteiger partial charge in [-0.3, -0.25) is 14.4 Å². The van der Waals surface area contributed by atoms with Crippen LogP contribution in [-0.2, 0) is 14.4 Å². The van der Waals surface area contributed by atoms with Gasteiger partial charge in [0.15, 0.2) is 0 Å². The average Bonchev–Trinajstić information content (AvgIpc) is 3.28. The van der Waals surface area contributed by atoms with Crippen molar-refractivity contribution in [2.45, 2.75) is 26.2 Å². The Balaban J connectivity index is 1.45. The number of rotatable bonds is 4. The maximum atomic E-state index is 14.5. The molecule has 2 saturated heterocycles. The first kappa shape index (κ1) is 20.0. The van der Waals surface area contributed by atoms with E-state index in [9.17, 15) is 23.2 Å². The Bertz CT molecular complexity index is 1040. The molecule has 6 nitrogen and oxygen atoms in total. The number of amides is 3. The lowest BCUT2D eigenvalue weighted by molar-refractivity contribution is -0.122. The molecule has 1 unspecified atom stereocenters. The number of carbonyl (C=O) groups is 3. The molecule has 0 aliphatic carbocycles. The topological polar surface area (TPSA) is 69.7 Å². The van der Waals surface area contributed by atoms with Crippen molar-refractivity contribution in [3.05, 3.63) is 53.6 Å². The van der Waals surface area contributed by atoms with Crippen molar-refractivity contribution in [2.24, 2.45) is 5.92 Å². The van der Waals surface area contributed by atoms with Crippen molar-refractivity contribution in [3.63, 3.8) is 0 Å². The highest BCUT2D eigenvalue weighted by atomic mass is 19.1. The number of anilines is 3. The summed E-state index contributed by atoms with van der Waals surface area (Å²) < 4.78 is 28.7. The van der Waals surface area contributed by atoms with Gasteiger partial charge in [0.05, 0.1) is 17.3 Å². The van der Waals surface area contributed by atoms with E-state index in [1.165, 1.54) is 34.1 Å². The number of aryl methyl sites for hydroxylation is 1. The van der Waals surface area contributed by atoms with Gasteiger partial charge < -0.3 is 15.1 Å². The van der Waals surface area contributed by atoms with Crippen LogP contribution in [0.3, 0.4) is 0 Å². The molecule has 0 bridgehead atoms. The maximum absolute atomic E-state index is 14.5. The molecule has 1 atom stereocenters. The number of benzene rings is 2. The minimum atomic E-state index is -0.680. The molecule has 30 heavy (non-hydrogen) atoms. The van der Waals surface area contributed by atoms with E-state index in [0.29, 0.717) is 19.4 Å². The Morgan fingerprint density at radius 1 is 1.00 bits per heavy atom. The van der Waals surface area contributed by atoms with E-state index in [2.05, 4.69) is 5.32 Å². The van der Waals surface area contributed by atoms with Crippen molar-refractivity contribution in [3.8, 4) is 0 Å². The van der Waals surface area contributed by atoms with Gasteiger partial charge in [-0.05, 0) is 49.2 Å². The maximum Gasteiger partial charge on any atom is 0.229 e. The highest BCUT2D eigenvalue weighted by Gasteiger charge is 2.36. The summed E-state index contributed by atoms with van der Waals surface area (Å²) in [6, 6.07) is 8.71. The van der Waals surface area contributed by atoms with Crippen molar-refractivity contribution < 1.29 is 23.2 Å². The van der Waals surface area contributed by atoms with E-state index >= 15 is 0 Å². The van der Waals surface area contributed by atoms with Crippen LogP contribution in [0.15, 0.2) is 36.4 Å². The zero-order valence-corrected chi connectivity index (χ0v) is 16.5. The van der Waals surface area contributed by atoms with Crippen molar-refractivity contribution >= 4 is 34.8 Å². The molecular formula is C22H21F2N3O3. The summed E-state index contributed by atoms with van der Waals surface area (Å²) in [5.74, 6) is -2.71. The third-order valence-corrected chi connectivity index (χ3v) is 5.47. The van der Waals surface area contributed by atoms with E-state index in [-0.39, 0.29) is 41.8 Å². The van der Waals surface area contributed by atoms with Crippen LogP contribution in [-0.4, -0.2) is 30.8 Å². The summed E-state index contributed by atoms with van der Waals surface area (Å²) in [7, 11) is 0. The van der Waals surface area contributed by atoms with Crippen LogP contribution in [0.2, 0.25) is 0 Å². The van der Waals surface area contributed by atoms with Crippen LogP contribution in [0.1, 0.15) is 24.8 Å². The van der Waals surface area contributed by atoms with Gasteiger partial charge in [0.25, 0.3) is 0 Å². The highest BCUT2D eigenvalue weighted by molar-refractivity contribution is 6.03. The molecule has 8 heteroatoms. The Morgan fingerprint density at radius 2 is 1.70 bits per heavy atom. The Hall–Kier alpha value is -3.29. The van der Waals surface area contributed by atoms with Gasteiger partial charge in [-0.15, -0.1) is 0 Å². The van der Waals surface area contributed by atoms with Crippen molar-refractivity contribution in [2.75, 3.05) is 28.2 Å². The van der Waals surface area contributed by atoms with Crippen LogP contribution in [0.5, 0.6) is 0 Å². The average molecular weight is 413 g/mol. The summed E-state index contributed by atoms with van der Waals surface area (Å²) in [4.78, 5) is 39.4. The fourth-order valence-electron chi connectivity index (χ4n) is 3.90. The fraction of sp³-hybridized carbons (Fsp3) is 0.318. The lowest BCUT2D eigenvalue weighted by atomic mass is 10.1. The van der Waals surface area contributed by atoms with Crippen LogP contribution in [0, 0.1) is 24.5 Å². The molecule has 156 valence electrons. The zero-order chi connectivity index (χ0) is 21.4. The summed E-state index contributed by atoms with van der Waals surface area (Å²) in [5, 5.41) is 2.61. The molecule has 3 amide bonds. The number of nitrogens with one attached hydrogen (secondary N) is 1. The molecule has 0 radical (unpaired) electrons. The largest absolute Gasteiger partial charge is 0.326 e. The molecule has 2 aliphatic heterocycles. The quantitative estimate of drug-likeness (QED) is 0.835. The fourth-order valence-corrected chi connectivity index (χ4v) is 3.90.